The molecule has 1 aromatic rings. The van der Waals surface area contributed by atoms with E-state index in [1.165, 1.54) is 0 Å². The van der Waals surface area contributed by atoms with E-state index in [-0.39, 0.29) is 12.1 Å². The largest absolute Gasteiger partial charge is 0.481 e. The highest BCUT2D eigenvalue weighted by molar-refractivity contribution is 5.67. The second-order valence-corrected chi connectivity index (χ2v) is 2.90. The summed E-state index contributed by atoms with van der Waals surface area (Å²) in [4.78, 5) is 10.2. The SMILES string of the molecule is Cn1nnc(CCC(=O)O)c1C(F)(F)F. The first-order chi connectivity index (χ1) is 6.82. The fourth-order valence-corrected chi connectivity index (χ4v) is 1.14. The number of hydrogen-bond donors (Lipinski definition) is 1. The van der Waals surface area contributed by atoms with Crippen LogP contribution in [-0.4, -0.2) is 26.1 Å². The molecule has 0 aliphatic carbocycles. The van der Waals surface area contributed by atoms with E-state index >= 15 is 0 Å². The molecule has 0 aromatic carbocycles. The van der Waals surface area contributed by atoms with Crippen LogP contribution in [0.3, 0.4) is 0 Å². The van der Waals surface area contributed by atoms with Crippen LogP contribution in [0, 0.1) is 0 Å². The topological polar surface area (TPSA) is 68.0 Å². The van der Waals surface area contributed by atoms with Gasteiger partial charge >= 0.3 is 12.1 Å². The molecule has 1 aromatic heterocycles. The van der Waals surface area contributed by atoms with E-state index in [9.17, 15) is 18.0 Å². The smallest absolute Gasteiger partial charge is 0.434 e. The zero-order valence-electron chi connectivity index (χ0n) is 7.75. The van der Waals surface area contributed by atoms with Crippen LogP contribution in [0.2, 0.25) is 0 Å². The van der Waals surface area contributed by atoms with Crippen molar-refractivity contribution in [2.45, 2.75) is 19.0 Å². The number of carbonyl (C=O) groups is 1. The van der Waals surface area contributed by atoms with Crippen LogP contribution in [0.25, 0.3) is 0 Å². The van der Waals surface area contributed by atoms with E-state index in [1.807, 2.05) is 0 Å². The van der Waals surface area contributed by atoms with Crippen molar-refractivity contribution in [3.63, 3.8) is 0 Å². The molecule has 0 atom stereocenters. The number of carboxylic acids is 1. The van der Waals surface area contributed by atoms with Crippen molar-refractivity contribution in [1.29, 1.82) is 0 Å². The van der Waals surface area contributed by atoms with Gasteiger partial charge in [0.05, 0.1) is 12.1 Å². The third-order valence-corrected chi connectivity index (χ3v) is 1.74. The quantitative estimate of drug-likeness (QED) is 0.824. The standard InChI is InChI=1S/C7H8F3N3O2/c1-13-6(7(8,9)10)4(11-12-13)2-3-5(14)15/h2-3H2,1H3,(H,14,15). The van der Waals surface area contributed by atoms with E-state index in [0.29, 0.717) is 4.68 Å². The van der Waals surface area contributed by atoms with Gasteiger partial charge in [0.1, 0.15) is 0 Å². The summed E-state index contributed by atoms with van der Waals surface area (Å²) >= 11 is 0. The van der Waals surface area contributed by atoms with Crippen molar-refractivity contribution in [3.05, 3.63) is 11.4 Å². The molecule has 1 rings (SSSR count). The Bertz CT molecular complexity index is 372. The fraction of sp³-hybridized carbons (Fsp3) is 0.571. The maximum Gasteiger partial charge on any atom is 0.434 e. The first-order valence-corrected chi connectivity index (χ1v) is 4.00. The molecule has 1 heterocycles. The summed E-state index contributed by atoms with van der Waals surface area (Å²) < 4.78 is 37.9. The average Bonchev–Trinajstić information content (AvgIpc) is 2.42. The summed E-state index contributed by atoms with van der Waals surface area (Å²) in [5.41, 5.74) is -1.34. The van der Waals surface area contributed by atoms with Crippen LogP contribution in [0.5, 0.6) is 0 Å². The molecule has 0 bridgehead atoms. The Labute approximate surface area is 82.5 Å². The molecule has 0 radical (unpaired) electrons. The number of aryl methyl sites for hydroxylation is 2. The average molecular weight is 223 g/mol. The Morgan fingerprint density at radius 3 is 2.60 bits per heavy atom. The monoisotopic (exact) mass is 223 g/mol. The zero-order valence-corrected chi connectivity index (χ0v) is 7.75. The maximum absolute atomic E-state index is 12.4. The number of carboxylic acid groups (broad SMARTS) is 1. The summed E-state index contributed by atoms with van der Waals surface area (Å²) in [5.74, 6) is -1.17. The second kappa shape index (κ2) is 3.87. The van der Waals surface area contributed by atoms with Crippen molar-refractivity contribution in [1.82, 2.24) is 15.0 Å². The molecule has 0 aliphatic rings. The van der Waals surface area contributed by atoms with Crippen molar-refractivity contribution in [2.24, 2.45) is 7.05 Å². The molecule has 0 fully saturated rings. The highest BCUT2D eigenvalue weighted by atomic mass is 19.4. The summed E-state index contributed by atoms with van der Waals surface area (Å²) in [6.45, 7) is 0. The van der Waals surface area contributed by atoms with Gasteiger partial charge in [-0.25, -0.2) is 4.68 Å². The van der Waals surface area contributed by atoms with Crippen molar-refractivity contribution in [3.8, 4) is 0 Å². The van der Waals surface area contributed by atoms with Crippen LogP contribution < -0.4 is 0 Å². The number of rotatable bonds is 3. The lowest BCUT2D eigenvalue weighted by molar-refractivity contribution is -0.145. The number of halogens is 3. The number of aromatic nitrogens is 3. The van der Waals surface area contributed by atoms with Gasteiger partial charge in [-0.3, -0.25) is 4.79 Å². The summed E-state index contributed by atoms with van der Waals surface area (Å²) in [6.07, 6.45) is -5.24. The van der Waals surface area contributed by atoms with Crippen LogP contribution in [-0.2, 0) is 24.4 Å². The number of hydrogen-bond acceptors (Lipinski definition) is 3. The minimum absolute atomic E-state index is 0.280. The van der Waals surface area contributed by atoms with Crippen LogP contribution >= 0.6 is 0 Å². The predicted octanol–water partition coefficient (Wildman–Crippen LogP) is 0.851. The molecule has 1 N–H and O–H groups in total. The molecule has 5 nitrogen and oxygen atoms in total. The molecular weight excluding hydrogens is 215 g/mol. The summed E-state index contributed by atoms with van der Waals surface area (Å²) in [6, 6.07) is 0. The molecule has 8 heteroatoms. The molecule has 0 saturated heterocycles. The van der Waals surface area contributed by atoms with Gasteiger partial charge in [0.2, 0.25) is 0 Å². The first kappa shape index (κ1) is 11.5. The van der Waals surface area contributed by atoms with Gasteiger partial charge < -0.3 is 5.11 Å². The van der Waals surface area contributed by atoms with Crippen LogP contribution in [0.15, 0.2) is 0 Å². The van der Waals surface area contributed by atoms with Gasteiger partial charge in [0.15, 0.2) is 5.69 Å². The van der Waals surface area contributed by atoms with E-state index < -0.39 is 24.3 Å². The molecule has 84 valence electrons. The predicted molar refractivity (Wildman–Crippen MR) is 42.0 cm³/mol. The van der Waals surface area contributed by atoms with Gasteiger partial charge in [-0.1, -0.05) is 5.21 Å². The van der Waals surface area contributed by atoms with E-state index in [4.69, 9.17) is 5.11 Å². The molecular formula is C7H8F3N3O2. The lowest BCUT2D eigenvalue weighted by atomic mass is 10.2. The van der Waals surface area contributed by atoms with Gasteiger partial charge in [-0.2, -0.15) is 13.2 Å². The van der Waals surface area contributed by atoms with E-state index in [1.54, 1.807) is 0 Å². The first-order valence-electron chi connectivity index (χ1n) is 4.00. The van der Waals surface area contributed by atoms with Crippen LogP contribution in [0.4, 0.5) is 13.2 Å². The molecule has 0 saturated carbocycles. The molecule has 15 heavy (non-hydrogen) atoms. The van der Waals surface area contributed by atoms with Gasteiger partial charge in [-0.15, -0.1) is 5.10 Å². The Kier molecular flexibility index (Phi) is 2.96. The third-order valence-electron chi connectivity index (χ3n) is 1.74. The Morgan fingerprint density at radius 1 is 1.53 bits per heavy atom. The third kappa shape index (κ3) is 2.67. The highest BCUT2D eigenvalue weighted by Crippen LogP contribution is 2.30. The lowest BCUT2D eigenvalue weighted by Gasteiger charge is -2.07. The van der Waals surface area contributed by atoms with E-state index in [2.05, 4.69) is 10.3 Å². The fourth-order valence-electron chi connectivity index (χ4n) is 1.14. The Morgan fingerprint density at radius 2 is 2.13 bits per heavy atom. The minimum Gasteiger partial charge on any atom is -0.481 e. The maximum atomic E-state index is 12.4. The Balaban J connectivity index is 2.94. The Hall–Kier alpha value is -1.60. The van der Waals surface area contributed by atoms with Crippen LogP contribution in [0.1, 0.15) is 17.8 Å². The van der Waals surface area contributed by atoms with Gasteiger partial charge in [-0.05, 0) is 0 Å². The van der Waals surface area contributed by atoms with Gasteiger partial charge in [0, 0.05) is 13.5 Å². The van der Waals surface area contributed by atoms with Crippen molar-refractivity contribution < 1.29 is 23.1 Å². The molecule has 0 unspecified atom stereocenters. The lowest BCUT2D eigenvalue weighted by Crippen LogP contribution is -2.14. The zero-order chi connectivity index (χ0) is 11.6. The van der Waals surface area contributed by atoms with E-state index in [0.717, 1.165) is 7.05 Å². The molecule has 0 aliphatic heterocycles. The second-order valence-electron chi connectivity index (χ2n) is 2.90. The number of nitrogens with zero attached hydrogens (tertiary/aromatic N) is 3. The number of aliphatic carboxylic acids is 1. The molecule has 0 spiro atoms. The van der Waals surface area contributed by atoms with Gasteiger partial charge in [0.25, 0.3) is 0 Å². The normalized spacial score (nSPS) is 11.7. The van der Waals surface area contributed by atoms with Crippen molar-refractivity contribution in [2.75, 3.05) is 0 Å². The minimum atomic E-state index is -4.56. The number of alkyl halides is 3. The molecule has 0 amide bonds. The highest BCUT2D eigenvalue weighted by Gasteiger charge is 2.38. The van der Waals surface area contributed by atoms with Crippen molar-refractivity contribution >= 4 is 5.97 Å². The summed E-state index contributed by atoms with van der Waals surface area (Å²) in [5, 5.41) is 14.8. The summed E-state index contributed by atoms with van der Waals surface area (Å²) in [7, 11) is 1.11.